The van der Waals surface area contributed by atoms with Gasteiger partial charge in [0.15, 0.2) is 0 Å². The van der Waals surface area contributed by atoms with Gasteiger partial charge in [0.05, 0.1) is 10.2 Å². The SMILES string of the molecule is Cc1cc(F)c(Br)cc1NS(=O)(=O)c1cc(C)c(CN)s1. The Morgan fingerprint density at radius 1 is 1.29 bits per heavy atom. The summed E-state index contributed by atoms with van der Waals surface area (Å²) >= 11 is 4.18. The molecular formula is C13H14BrFN2O2S2. The molecule has 114 valence electrons. The van der Waals surface area contributed by atoms with E-state index in [-0.39, 0.29) is 8.68 Å². The van der Waals surface area contributed by atoms with E-state index in [9.17, 15) is 12.8 Å². The van der Waals surface area contributed by atoms with Gasteiger partial charge in [0.25, 0.3) is 10.0 Å². The van der Waals surface area contributed by atoms with E-state index in [0.29, 0.717) is 17.8 Å². The average Bonchev–Trinajstić information content (AvgIpc) is 2.78. The highest BCUT2D eigenvalue weighted by molar-refractivity contribution is 9.10. The van der Waals surface area contributed by atoms with Crippen LogP contribution in [-0.2, 0) is 16.6 Å². The number of aryl methyl sites for hydroxylation is 2. The first-order valence-corrected chi connectivity index (χ1v) is 9.11. The Morgan fingerprint density at radius 2 is 1.95 bits per heavy atom. The van der Waals surface area contributed by atoms with Crippen LogP contribution in [0.5, 0.6) is 0 Å². The maximum atomic E-state index is 13.4. The van der Waals surface area contributed by atoms with E-state index >= 15 is 0 Å². The van der Waals surface area contributed by atoms with Crippen LogP contribution in [0.3, 0.4) is 0 Å². The van der Waals surface area contributed by atoms with Crippen molar-refractivity contribution in [2.75, 3.05) is 4.72 Å². The molecule has 2 rings (SSSR count). The number of benzene rings is 1. The zero-order valence-corrected chi connectivity index (χ0v) is 14.6. The molecule has 2 aromatic rings. The van der Waals surface area contributed by atoms with Crippen molar-refractivity contribution in [1.29, 1.82) is 0 Å². The van der Waals surface area contributed by atoms with Crippen molar-refractivity contribution in [3.8, 4) is 0 Å². The summed E-state index contributed by atoms with van der Waals surface area (Å²) in [6.07, 6.45) is 0. The van der Waals surface area contributed by atoms with E-state index in [1.807, 2.05) is 6.92 Å². The Kier molecular flexibility index (Phi) is 4.72. The largest absolute Gasteiger partial charge is 0.326 e. The third kappa shape index (κ3) is 3.45. The van der Waals surface area contributed by atoms with Crippen LogP contribution in [0.4, 0.5) is 10.1 Å². The van der Waals surface area contributed by atoms with Crippen LogP contribution in [0.2, 0.25) is 0 Å². The first-order valence-electron chi connectivity index (χ1n) is 6.02. The van der Waals surface area contributed by atoms with Gasteiger partial charge in [-0.3, -0.25) is 4.72 Å². The first-order chi connectivity index (χ1) is 9.74. The van der Waals surface area contributed by atoms with E-state index in [1.165, 1.54) is 12.1 Å². The van der Waals surface area contributed by atoms with Crippen molar-refractivity contribution >= 4 is 43.0 Å². The van der Waals surface area contributed by atoms with Crippen LogP contribution in [0.25, 0.3) is 0 Å². The van der Waals surface area contributed by atoms with E-state index < -0.39 is 15.8 Å². The summed E-state index contributed by atoms with van der Waals surface area (Å²) in [5.74, 6) is -0.437. The van der Waals surface area contributed by atoms with E-state index in [1.54, 1.807) is 13.0 Å². The zero-order valence-electron chi connectivity index (χ0n) is 11.4. The molecule has 1 heterocycles. The van der Waals surface area contributed by atoms with Crippen LogP contribution in [-0.4, -0.2) is 8.42 Å². The molecule has 0 aliphatic rings. The number of thiophene rings is 1. The minimum atomic E-state index is -3.71. The smallest absolute Gasteiger partial charge is 0.271 e. The standard InChI is InChI=1S/C13H14BrFN2O2S2/c1-7-3-10(15)9(14)5-11(7)17-21(18,19)13-4-8(2)12(6-16)20-13/h3-5,17H,6,16H2,1-2H3. The number of hydrogen-bond donors (Lipinski definition) is 2. The monoisotopic (exact) mass is 392 g/mol. The lowest BCUT2D eigenvalue weighted by molar-refractivity contribution is 0.602. The van der Waals surface area contributed by atoms with E-state index in [4.69, 9.17) is 5.73 Å². The molecule has 3 N–H and O–H groups in total. The lowest BCUT2D eigenvalue weighted by Crippen LogP contribution is -2.12. The molecular weight excluding hydrogens is 379 g/mol. The Balaban J connectivity index is 2.39. The third-order valence-electron chi connectivity index (χ3n) is 2.96. The van der Waals surface area contributed by atoms with Crippen molar-refractivity contribution in [3.05, 3.63) is 44.5 Å². The van der Waals surface area contributed by atoms with E-state index in [0.717, 1.165) is 21.8 Å². The van der Waals surface area contributed by atoms with Gasteiger partial charge in [-0.25, -0.2) is 12.8 Å². The highest BCUT2D eigenvalue weighted by atomic mass is 79.9. The summed E-state index contributed by atoms with van der Waals surface area (Å²) in [7, 11) is -3.71. The van der Waals surface area contributed by atoms with Crippen LogP contribution in [0.1, 0.15) is 16.0 Å². The first kappa shape index (κ1) is 16.4. The maximum absolute atomic E-state index is 13.4. The molecule has 0 saturated carbocycles. The van der Waals surface area contributed by atoms with Gasteiger partial charge >= 0.3 is 0 Å². The number of nitrogens with one attached hydrogen (secondary N) is 1. The number of halogens is 2. The Bertz CT molecular complexity index is 788. The molecule has 0 fully saturated rings. The molecule has 0 aliphatic carbocycles. The molecule has 0 aliphatic heterocycles. The molecule has 0 spiro atoms. The van der Waals surface area contributed by atoms with E-state index in [2.05, 4.69) is 20.7 Å². The lowest BCUT2D eigenvalue weighted by Gasteiger charge is -2.10. The van der Waals surface area contributed by atoms with Crippen LogP contribution in [0, 0.1) is 19.7 Å². The maximum Gasteiger partial charge on any atom is 0.271 e. The van der Waals surface area contributed by atoms with Gasteiger partial charge in [0.1, 0.15) is 10.0 Å². The van der Waals surface area contributed by atoms with Gasteiger partial charge in [0.2, 0.25) is 0 Å². The summed E-state index contributed by atoms with van der Waals surface area (Å²) in [5.41, 5.74) is 7.26. The van der Waals surface area contributed by atoms with Crippen molar-refractivity contribution in [1.82, 2.24) is 0 Å². The normalized spacial score (nSPS) is 11.7. The molecule has 1 aromatic carbocycles. The number of sulfonamides is 1. The fraction of sp³-hybridized carbons (Fsp3) is 0.231. The summed E-state index contributed by atoms with van der Waals surface area (Å²) in [4.78, 5) is 0.826. The fourth-order valence-corrected chi connectivity index (χ4v) is 4.71. The summed E-state index contributed by atoms with van der Waals surface area (Å²) < 4.78 is 41.0. The topological polar surface area (TPSA) is 72.2 Å². The Labute approximate surface area is 135 Å². The summed E-state index contributed by atoms with van der Waals surface area (Å²) in [5, 5.41) is 0. The number of hydrogen-bond acceptors (Lipinski definition) is 4. The number of rotatable bonds is 4. The van der Waals surface area contributed by atoms with Crippen molar-refractivity contribution in [2.45, 2.75) is 24.6 Å². The fourth-order valence-electron chi connectivity index (χ4n) is 1.78. The molecule has 0 bridgehead atoms. The second-order valence-electron chi connectivity index (χ2n) is 4.56. The minimum absolute atomic E-state index is 0.195. The quantitative estimate of drug-likeness (QED) is 0.835. The second-order valence-corrected chi connectivity index (χ2v) is 8.46. The lowest BCUT2D eigenvalue weighted by atomic mass is 10.2. The predicted molar refractivity (Wildman–Crippen MR) is 86.6 cm³/mol. The third-order valence-corrected chi connectivity index (χ3v) is 6.67. The highest BCUT2D eigenvalue weighted by Gasteiger charge is 2.20. The van der Waals surface area contributed by atoms with Gasteiger partial charge in [-0.1, -0.05) is 0 Å². The molecule has 4 nitrogen and oxygen atoms in total. The second kappa shape index (κ2) is 6.04. The van der Waals surface area contributed by atoms with Crippen molar-refractivity contribution < 1.29 is 12.8 Å². The van der Waals surface area contributed by atoms with Crippen LogP contribution < -0.4 is 10.5 Å². The van der Waals surface area contributed by atoms with Gasteiger partial charge in [-0.15, -0.1) is 11.3 Å². The Hall–Kier alpha value is -0.960. The molecule has 21 heavy (non-hydrogen) atoms. The van der Waals surface area contributed by atoms with Gasteiger partial charge in [-0.05, 0) is 59.1 Å². The summed E-state index contributed by atoms with van der Waals surface area (Å²) in [6, 6.07) is 4.27. The average molecular weight is 393 g/mol. The minimum Gasteiger partial charge on any atom is -0.326 e. The molecule has 0 radical (unpaired) electrons. The number of nitrogens with two attached hydrogens (primary N) is 1. The van der Waals surface area contributed by atoms with Gasteiger partial charge < -0.3 is 5.73 Å². The number of anilines is 1. The molecule has 0 saturated heterocycles. The summed E-state index contributed by atoms with van der Waals surface area (Å²) in [6.45, 7) is 3.75. The van der Waals surface area contributed by atoms with Crippen LogP contribution in [0.15, 0.2) is 26.9 Å². The van der Waals surface area contributed by atoms with Crippen LogP contribution >= 0.6 is 27.3 Å². The molecule has 0 amide bonds. The van der Waals surface area contributed by atoms with Gasteiger partial charge in [0, 0.05) is 11.4 Å². The van der Waals surface area contributed by atoms with Gasteiger partial charge in [-0.2, -0.15) is 0 Å². The highest BCUT2D eigenvalue weighted by Crippen LogP contribution is 2.30. The molecule has 1 aromatic heterocycles. The van der Waals surface area contributed by atoms with Crippen molar-refractivity contribution in [2.24, 2.45) is 5.73 Å². The predicted octanol–water partition coefficient (Wildman–Crippen LogP) is 3.53. The Morgan fingerprint density at radius 3 is 2.52 bits per heavy atom. The van der Waals surface area contributed by atoms with Crippen molar-refractivity contribution in [3.63, 3.8) is 0 Å². The zero-order chi connectivity index (χ0) is 15.8. The molecule has 8 heteroatoms. The molecule has 0 atom stereocenters. The molecule has 0 unspecified atom stereocenters.